The van der Waals surface area contributed by atoms with Gasteiger partial charge in [-0.15, -0.1) is 0 Å². The number of nitrogens with zero attached hydrogens (tertiary/aromatic N) is 3. The quantitative estimate of drug-likeness (QED) is 0.461. The van der Waals surface area contributed by atoms with E-state index in [0.717, 1.165) is 5.56 Å². The standard InChI is InChI=1S/C21H21N5O3/c1-12(2)15-8-3-4-9-16(15)26(29)11-23-18-17(19(22)28)24-20(25-21(18)26)13-6-5-7-14(27)10-13/h3-10,12,23,27H,11H2,1-2H3,(H2,22,28). The minimum absolute atomic E-state index is 0.0263. The molecule has 0 saturated carbocycles. The van der Waals surface area contributed by atoms with Crippen LogP contribution in [0.2, 0.25) is 0 Å². The summed E-state index contributed by atoms with van der Waals surface area (Å²) in [6.07, 6.45) is 0. The fourth-order valence-corrected chi connectivity index (χ4v) is 3.59. The highest BCUT2D eigenvalue weighted by Crippen LogP contribution is 2.46. The average Bonchev–Trinajstić information content (AvgIpc) is 3.05. The molecule has 29 heavy (non-hydrogen) atoms. The molecule has 4 rings (SSSR count). The predicted molar refractivity (Wildman–Crippen MR) is 111 cm³/mol. The molecule has 0 aliphatic carbocycles. The molecule has 1 unspecified atom stereocenters. The zero-order chi connectivity index (χ0) is 20.8. The van der Waals surface area contributed by atoms with E-state index in [2.05, 4.69) is 15.3 Å². The van der Waals surface area contributed by atoms with E-state index in [1.165, 1.54) is 12.1 Å². The van der Waals surface area contributed by atoms with Crippen molar-refractivity contribution in [1.82, 2.24) is 14.6 Å². The lowest BCUT2D eigenvalue weighted by atomic mass is 10.0. The summed E-state index contributed by atoms with van der Waals surface area (Å²) in [5, 5.41) is 26.8. The van der Waals surface area contributed by atoms with Crippen LogP contribution in [-0.4, -0.2) is 27.7 Å². The molecule has 1 amide bonds. The number of aromatic nitrogens is 2. The summed E-state index contributed by atoms with van der Waals surface area (Å²) in [4.78, 5) is 20.8. The van der Waals surface area contributed by atoms with Gasteiger partial charge in [-0.3, -0.25) is 9.44 Å². The number of fused-ring (bicyclic) bond motifs is 1. The van der Waals surface area contributed by atoms with Crippen LogP contribution in [0.3, 0.4) is 0 Å². The number of rotatable bonds is 4. The SMILES string of the molecule is CC(C)c1ccccc1[N+]1([O-])CNc2c(C(N)=O)nc(-c3cccc(O)c3)nc21. The average molecular weight is 391 g/mol. The van der Waals surface area contributed by atoms with E-state index in [4.69, 9.17) is 5.73 Å². The van der Waals surface area contributed by atoms with Gasteiger partial charge in [0.1, 0.15) is 11.4 Å². The maximum Gasteiger partial charge on any atom is 0.269 e. The van der Waals surface area contributed by atoms with Crippen LogP contribution in [0.25, 0.3) is 11.4 Å². The number of hydroxylamine groups is 1. The van der Waals surface area contributed by atoms with Crippen LogP contribution in [0.5, 0.6) is 5.75 Å². The molecule has 0 radical (unpaired) electrons. The van der Waals surface area contributed by atoms with Crippen molar-refractivity contribution in [3.05, 3.63) is 65.0 Å². The molecule has 1 aliphatic heterocycles. The number of nitrogens with one attached hydrogen (secondary N) is 1. The zero-order valence-corrected chi connectivity index (χ0v) is 16.1. The fraction of sp³-hybridized carbons (Fsp3) is 0.190. The molecule has 3 aromatic rings. The number of hydrogen-bond donors (Lipinski definition) is 3. The van der Waals surface area contributed by atoms with Crippen LogP contribution in [0.1, 0.15) is 35.8 Å². The van der Waals surface area contributed by atoms with Gasteiger partial charge in [0.25, 0.3) is 11.7 Å². The van der Waals surface area contributed by atoms with Gasteiger partial charge in [-0.2, -0.15) is 4.98 Å². The van der Waals surface area contributed by atoms with Gasteiger partial charge in [0.15, 0.2) is 23.9 Å². The maximum atomic E-state index is 14.1. The first-order valence-electron chi connectivity index (χ1n) is 9.25. The number of aromatic hydroxyl groups is 1. The number of para-hydroxylation sites is 1. The van der Waals surface area contributed by atoms with Gasteiger partial charge in [-0.25, -0.2) is 4.98 Å². The first-order valence-corrected chi connectivity index (χ1v) is 9.25. The van der Waals surface area contributed by atoms with Gasteiger partial charge in [0.05, 0.1) is 0 Å². The lowest BCUT2D eigenvalue weighted by Gasteiger charge is -2.37. The number of anilines is 1. The topological polar surface area (TPSA) is 124 Å². The van der Waals surface area contributed by atoms with E-state index in [9.17, 15) is 15.1 Å². The molecule has 2 heterocycles. The highest BCUT2D eigenvalue weighted by atomic mass is 16.6. The molecule has 148 valence electrons. The Kier molecular flexibility index (Phi) is 4.45. The van der Waals surface area contributed by atoms with Crippen molar-refractivity contribution in [1.29, 1.82) is 0 Å². The Morgan fingerprint density at radius 3 is 2.66 bits per heavy atom. The molecule has 0 fully saturated rings. The maximum absolute atomic E-state index is 14.1. The van der Waals surface area contributed by atoms with Crippen LogP contribution in [-0.2, 0) is 0 Å². The van der Waals surface area contributed by atoms with Gasteiger partial charge in [-0.1, -0.05) is 44.2 Å². The summed E-state index contributed by atoms with van der Waals surface area (Å²) in [6, 6.07) is 13.7. The minimum Gasteiger partial charge on any atom is -0.619 e. The fourth-order valence-electron chi connectivity index (χ4n) is 3.59. The smallest absolute Gasteiger partial charge is 0.269 e. The molecule has 2 aromatic carbocycles. The lowest BCUT2D eigenvalue weighted by molar-refractivity contribution is 0.0996. The van der Waals surface area contributed by atoms with Gasteiger partial charge >= 0.3 is 0 Å². The number of carbonyl (C=O) groups is 1. The van der Waals surface area contributed by atoms with Crippen molar-refractivity contribution in [3.63, 3.8) is 0 Å². The number of nitrogens with two attached hydrogens (primary N) is 1. The van der Waals surface area contributed by atoms with Gasteiger partial charge in [-0.05, 0) is 18.1 Å². The third-order valence-electron chi connectivity index (χ3n) is 5.00. The van der Waals surface area contributed by atoms with Crippen molar-refractivity contribution in [2.75, 3.05) is 12.0 Å². The van der Waals surface area contributed by atoms with Crippen molar-refractivity contribution in [3.8, 4) is 17.1 Å². The summed E-state index contributed by atoms with van der Waals surface area (Å²) < 4.78 is -0.877. The molecule has 0 saturated heterocycles. The van der Waals surface area contributed by atoms with E-state index >= 15 is 0 Å². The lowest BCUT2D eigenvalue weighted by Crippen LogP contribution is -2.38. The second-order valence-electron chi connectivity index (χ2n) is 7.30. The van der Waals surface area contributed by atoms with Crippen LogP contribution in [0.15, 0.2) is 48.5 Å². The molecule has 1 aromatic heterocycles. The molecular formula is C21H21N5O3. The van der Waals surface area contributed by atoms with Crippen LogP contribution >= 0.6 is 0 Å². The van der Waals surface area contributed by atoms with Crippen molar-refractivity contribution in [2.45, 2.75) is 19.8 Å². The van der Waals surface area contributed by atoms with Gasteiger partial charge in [0, 0.05) is 17.2 Å². The summed E-state index contributed by atoms with van der Waals surface area (Å²) in [7, 11) is 0. The number of benzene rings is 2. The first-order chi connectivity index (χ1) is 13.8. The Bertz CT molecular complexity index is 1120. The molecule has 8 nitrogen and oxygen atoms in total. The third kappa shape index (κ3) is 3.08. The van der Waals surface area contributed by atoms with Crippen molar-refractivity contribution < 1.29 is 9.90 Å². The normalized spacial score (nSPS) is 17.8. The number of phenolic OH excluding ortho intramolecular Hbond substituents is 1. The molecule has 0 spiro atoms. The predicted octanol–water partition coefficient (Wildman–Crippen LogP) is 3.59. The van der Waals surface area contributed by atoms with E-state index in [0.29, 0.717) is 11.3 Å². The summed E-state index contributed by atoms with van der Waals surface area (Å²) in [5.74, 6) is -0.332. The highest BCUT2D eigenvalue weighted by Gasteiger charge is 2.40. The van der Waals surface area contributed by atoms with E-state index in [1.807, 2.05) is 32.0 Å². The van der Waals surface area contributed by atoms with Crippen molar-refractivity contribution in [2.24, 2.45) is 5.73 Å². The molecular weight excluding hydrogens is 370 g/mol. The molecule has 1 aliphatic rings. The monoisotopic (exact) mass is 391 g/mol. The Hall–Kier alpha value is -3.49. The van der Waals surface area contributed by atoms with Crippen LogP contribution in [0, 0.1) is 5.21 Å². The Balaban J connectivity index is 1.97. The number of carbonyl (C=O) groups excluding carboxylic acids is 1. The van der Waals surface area contributed by atoms with E-state index in [1.54, 1.807) is 18.2 Å². The number of amides is 1. The number of hydrogen-bond acceptors (Lipinski definition) is 6. The van der Waals surface area contributed by atoms with Crippen LogP contribution in [0.4, 0.5) is 17.2 Å². The van der Waals surface area contributed by atoms with E-state index < -0.39 is 10.6 Å². The number of phenols is 1. The molecule has 4 N–H and O–H groups in total. The van der Waals surface area contributed by atoms with E-state index in [-0.39, 0.29) is 41.4 Å². The highest BCUT2D eigenvalue weighted by molar-refractivity contribution is 6.00. The Morgan fingerprint density at radius 2 is 1.97 bits per heavy atom. The van der Waals surface area contributed by atoms with Gasteiger partial charge in [0.2, 0.25) is 0 Å². The summed E-state index contributed by atoms with van der Waals surface area (Å²) in [6.45, 7) is 4.00. The van der Waals surface area contributed by atoms with Crippen molar-refractivity contribution >= 4 is 23.1 Å². The minimum atomic E-state index is -0.877. The number of quaternary nitrogens is 1. The largest absolute Gasteiger partial charge is 0.619 e. The molecule has 1 atom stereocenters. The zero-order valence-electron chi connectivity index (χ0n) is 16.1. The number of primary amides is 1. The summed E-state index contributed by atoms with van der Waals surface area (Å²) >= 11 is 0. The third-order valence-corrected chi connectivity index (χ3v) is 5.00. The Morgan fingerprint density at radius 1 is 1.21 bits per heavy atom. The molecule has 0 bridgehead atoms. The van der Waals surface area contributed by atoms with Gasteiger partial charge < -0.3 is 21.4 Å². The van der Waals surface area contributed by atoms with Crippen LogP contribution < -0.4 is 15.7 Å². The summed E-state index contributed by atoms with van der Waals surface area (Å²) in [5.41, 5.74) is 7.66. The second kappa shape index (κ2) is 6.84. The molecule has 8 heteroatoms. The second-order valence-corrected chi connectivity index (χ2v) is 7.30. The first kappa shape index (κ1) is 18.9. The Labute approximate surface area is 167 Å².